The van der Waals surface area contributed by atoms with E-state index in [2.05, 4.69) is 42.1 Å². The van der Waals surface area contributed by atoms with Gasteiger partial charge in [0.1, 0.15) is 18.8 Å². The first-order chi connectivity index (χ1) is 11.5. The number of amides is 1. The largest absolute Gasteiger partial charge is 0.370 e. The number of carbonyl (C=O) groups excluding carboxylic acids is 1. The van der Waals surface area contributed by atoms with Gasteiger partial charge in [-0.05, 0) is 31.9 Å². The van der Waals surface area contributed by atoms with Crippen LogP contribution in [0.4, 0.5) is 0 Å². The Hall–Kier alpha value is -2.21. The highest BCUT2D eigenvalue weighted by molar-refractivity contribution is 5.76. The van der Waals surface area contributed by atoms with Gasteiger partial charge in [0.2, 0.25) is 5.91 Å². The minimum absolute atomic E-state index is 0.0589. The van der Waals surface area contributed by atoms with Crippen LogP contribution < -0.4 is 0 Å². The van der Waals surface area contributed by atoms with Crippen LogP contribution in [-0.2, 0) is 16.1 Å². The van der Waals surface area contributed by atoms with Crippen LogP contribution in [0.1, 0.15) is 36.1 Å². The molecule has 2 heterocycles. The molecule has 1 saturated heterocycles. The smallest absolute Gasteiger partial charge is 0.224 e. The number of aryl methyl sites for hydroxylation is 3. The third-order valence-corrected chi connectivity index (χ3v) is 4.56. The maximum Gasteiger partial charge on any atom is 0.224 e. The minimum atomic E-state index is -0.0589. The molecule has 0 unspecified atom stereocenters. The summed E-state index contributed by atoms with van der Waals surface area (Å²) in [5, 5.41) is 4.05. The van der Waals surface area contributed by atoms with Crippen molar-refractivity contribution >= 4 is 5.91 Å². The Labute approximate surface area is 142 Å². The van der Waals surface area contributed by atoms with Gasteiger partial charge >= 0.3 is 0 Å². The first kappa shape index (κ1) is 16.6. The van der Waals surface area contributed by atoms with Crippen LogP contribution >= 0.6 is 0 Å². The average Bonchev–Trinajstić information content (AvgIpc) is 3.09. The highest BCUT2D eigenvalue weighted by atomic mass is 16.5. The van der Waals surface area contributed by atoms with Crippen molar-refractivity contribution in [1.82, 2.24) is 19.7 Å². The molecule has 0 aliphatic carbocycles. The quantitative estimate of drug-likeness (QED) is 0.864. The number of ether oxygens (including phenoxy) is 1. The number of morpholine rings is 1. The molecule has 0 N–H and O–H groups in total. The topological polar surface area (TPSA) is 60.2 Å². The summed E-state index contributed by atoms with van der Waals surface area (Å²) >= 11 is 0. The molecule has 1 amide bonds. The lowest BCUT2D eigenvalue weighted by molar-refractivity contribution is -0.144. The van der Waals surface area contributed by atoms with Gasteiger partial charge in [0.05, 0.1) is 25.7 Å². The molecule has 0 radical (unpaired) electrons. The normalized spacial score (nSPS) is 21.0. The zero-order chi connectivity index (χ0) is 17.1. The molecule has 1 aliphatic heterocycles. The highest BCUT2D eigenvalue weighted by Crippen LogP contribution is 2.28. The van der Waals surface area contributed by atoms with Crippen LogP contribution in [0.2, 0.25) is 0 Å². The van der Waals surface area contributed by atoms with Crippen LogP contribution in [0.5, 0.6) is 0 Å². The Balaban J connectivity index is 1.68. The first-order valence-corrected chi connectivity index (χ1v) is 8.35. The molecular formula is C18H24N4O2. The fourth-order valence-electron chi connectivity index (χ4n) is 3.10. The van der Waals surface area contributed by atoms with Crippen molar-refractivity contribution < 1.29 is 9.53 Å². The fraction of sp³-hybridized carbons (Fsp3) is 0.500. The van der Waals surface area contributed by atoms with E-state index in [0.29, 0.717) is 26.1 Å². The summed E-state index contributed by atoms with van der Waals surface area (Å²) in [6.45, 7) is 7.92. The number of carbonyl (C=O) groups is 1. The van der Waals surface area contributed by atoms with E-state index in [1.54, 1.807) is 11.0 Å². The van der Waals surface area contributed by atoms with E-state index in [-0.39, 0.29) is 18.1 Å². The van der Waals surface area contributed by atoms with Crippen molar-refractivity contribution in [3.63, 3.8) is 0 Å². The Morgan fingerprint density at radius 2 is 2.21 bits per heavy atom. The molecule has 0 bridgehead atoms. The van der Waals surface area contributed by atoms with E-state index in [1.807, 2.05) is 11.8 Å². The van der Waals surface area contributed by atoms with Gasteiger partial charge < -0.3 is 9.64 Å². The molecule has 2 atom stereocenters. The monoisotopic (exact) mass is 328 g/mol. The third-order valence-electron chi connectivity index (χ3n) is 4.56. The van der Waals surface area contributed by atoms with E-state index in [9.17, 15) is 4.79 Å². The van der Waals surface area contributed by atoms with Crippen molar-refractivity contribution in [3.05, 3.63) is 47.5 Å². The summed E-state index contributed by atoms with van der Waals surface area (Å²) in [6.07, 6.45) is 3.48. The molecule has 3 rings (SSSR count). The van der Waals surface area contributed by atoms with Gasteiger partial charge in [-0.25, -0.2) is 4.98 Å². The van der Waals surface area contributed by atoms with Crippen molar-refractivity contribution in [2.24, 2.45) is 0 Å². The predicted molar refractivity (Wildman–Crippen MR) is 90.4 cm³/mol. The van der Waals surface area contributed by atoms with Gasteiger partial charge in [0.15, 0.2) is 0 Å². The van der Waals surface area contributed by atoms with Crippen LogP contribution in [0.25, 0.3) is 0 Å². The number of rotatable bonds is 4. The summed E-state index contributed by atoms with van der Waals surface area (Å²) in [5.74, 6) is 0.136. The Morgan fingerprint density at radius 3 is 2.96 bits per heavy atom. The molecule has 1 aliphatic rings. The second kappa shape index (κ2) is 7.13. The van der Waals surface area contributed by atoms with E-state index in [0.717, 1.165) is 0 Å². The Kier molecular flexibility index (Phi) is 4.94. The van der Waals surface area contributed by atoms with Gasteiger partial charge in [-0.1, -0.05) is 23.8 Å². The van der Waals surface area contributed by atoms with Gasteiger partial charge in [0.25, 0.3) is 0 Å². The van der Waals surface area contributed by atoms with Crippen molar-refractivity contribution in [1.29, 1.82) is 0 Å². The highest BCUT2D eigenvalue weighted by Gasteiger charge is 2.30. The SMILES string of the molecule is Cc1ccc(C)c([C@@H]2CN(C(=O)CCn3cncn3)[C@H](C)CO2)c1. The van der Waals surface area contributed by atoms with E-state index in [1.165, 1.54) is 23.0 Å². The lowest BCUT2D eigenvalue weighted by Gasteiger charge is -2.38. The number of benzene rings is 1. The molecular weight excluding hydrogens is 304 g/mol. The molecule has 24 heavy (non-hydrogen) atoms. The maximum absolute atomic E-state index is 12.6. The fourth-order valence-corrected chi connectivity index (χ4v) is 3.10. The Morgan fingerprint density at radius 1 is 1.38 bits per heavy atom. The predicted octanol–water partition coefficient (Wildman–Crippen LogP) is 2.27. The molecule has 1 aromatic carbocycles. The zero-order valence-corrected chi connectivity index (χ0v) is 14.5. The second-order valence-electron chi connectivity index (χ2n) is 6.49. The van der Waals surface area contributed by atoms with Crippen LogP contribution in [0.15, 0.2) is 30.9 Å². The molecule has 128 valence electrons. The lowest BCUT2D eigenvalue weighted by atomic mass is 9.98. The van der Waals surface area contributed by atoms with Crippen LogP contribution in [0.3, 0.4) is 0 Å². The molecule has 1 fully saturated rings. The standard InChI is InChI=1S/C18H24N4O2/c1-13-4-5-14(2)16(8-13)17-9-22(15(3)10-24-17)18(23)6-7-21-12-19-11-20-21/h4-5,8,11-12,15,17H,6-7,9-10H2,1-3H3/t15-,17+/m1/s1. The molecule has 0 saturated carbocycles. The van der Waals surface area contributed by atoms with Crippen LogP contribution in [-0.4, -0.2) is 44.8 Å². The number of hydrogen-bond acceptors (Lipinski definition) is 4. The summed E-state index contributed by atoms with van der Waals surface area (Å²) < 4.78 is 7.71. The summed E-state index contributed by atoms with van der Waals surface area (Å²) in [4.78, 5) is 18.5. The maximum atomic E-state index is 12.6. The summed E-state index contributed by atoms with van der Waals surface area (Å²) in [7, 11) is 0. The minimum Gasteiger partial charge on any atom is -0.370 e. The van der Waals surface area contributed by atoms with Crippen molar-refractivity contribution in [2.75, 3.05) is 13.2 Å². The van der Waals surface area contributed by atoms with Gasteiger partial charge in [-0.15, -0.1) is 0 Å². The van der Waals surface area contributed by atoms with Gasteiger partial charge in [0, 0.05) is 6.42 Å². The summed E-state index contributed by atoms with van der Waals surface area (Å²) in [5.41, 5.74) is 3.59. The van der Waals surface area contributed by atoms with Gasteiger partial charge in [-0.2, -0.15) is 5.10 Å². The van der Waals surface area contributed by atoms with Gasteiger partial charge in [-0.3, -0.25) is 9.48 Å². The lowest BCUT2D eigenvalue weighted by Crippen LogP contribution is -2.48. The number of nitrogens with zero attached hydrogens (tertiary/aromatic N) is 4. The second-order valence-corrected chi connectivity index (χ2v) is 6.49. The van der Waals surface area contributed by atoms with Crippen LogP contribution in [0, 0.1) is 13.8 Å². The third kappa shape index (κ3) is 3.64. The van der Waals surface area contributed by atoms with Crippen molar-refractivity contribution in [3.8, 4) is 0 Å². The number of aromatic nitrogens is 3. The molecule has 6 nitrogen and oxygen atoms in total. The average molecular weight is 328 g/mol. The summed E-state index contributed by atoms with van der Waals surface area (Å²) in [6, 6.07) is 6.47. The molecule has 1 aromatic heterocycles. The van der Waals surface area contributed by atoms with Crippen molar-refractivity contribution in [2.45, 2.75) is 45.9 Å². The van der Waals surface area contributed by atoms with E-state index < -0.39 is 0 Å². The molecule has 2 aromatic rings. The number of hydrogen-bond donors (Lipinski definition) is 0. The van der Waals surface area contributed by atoms with E-state index in [4.69, 9.17) is 4.74 Å². The zero-order valence-electron chi connectivity index (χ0n) is 14.5. The first-order valence-electron chi connectivity index (χ1n) is 8.35. The molecule has 0 spiro atoms. The molecule has 6 heteroatoms. The Bertz CT molecular complexity index is 699. The van der Waals surface area contributed by atoms with E-state index >= 15 is 0 Å².